The fraction of sp³-hybridized carbons (Fsp3) is 0.316. The predicted octanol–water partition coefficient (Wildman–Crippen LogP) is 3.03. The van der Waals surface area contributed by atoms with Gasteiger partial charge in [0.1, 0.15) is 5.82 Å². The van der Waals surface area contributed by atoms with Crippen LogP contribution in [-0.4, -0.2) is 33.6 Å². The van der Waals surface area contributed by atoms with Crippen molar-refractivity contribution in [3.8, 4) is 11.3 Å². The van der Waals surface area contributed by atoms with E-state index in [2.05, 4.69) is 15.6 Å². The second kappa shape index (κ2) is 6.55. The van der Waals surface area contributed by atoms with E-state index in [4.69, 9.17) is 5.10 Å². The molecule has 6 heteroatoms. The largest absolute Gasteiger partial charge is 0.369 e. The summed E-state index contributed by atoms with van der Waals surface area (Å²) in [5, 5.41) is 11.1. The third-order valence-electron chi connectivity index (χ3n) is 4.50. The van der Waals surface area contributed by atoms with Crippen LogP contribution < -0.4 is 10.6 Å². The molecule has 0 unspecified atom stereocenters. The molecule has 0 saturated carbocycles. The Morgan fingerprint density at radius 2 is 1.80 bits per heavy atom. The first-order chi connectivity index (χ1) is 12.2. The number of nitrogens with one attached hydrogen (secondary N) is 2. The Balaban J connectivity index is 1.86. The zero-order valence-corrected chi connectivity index (χ0v) is 14.2. The summed E-state index contributed by atoms with van der Waals surface area (Å²) in [6, 6.07) is 11.6. The number of anilines is 1. The van der Waals surface area contributed by atoms with Gasteiger partial charge in [0.2, 0.25) is 0 Å². The molecule has 0 fully saturated rings. The van der Waals surface area contributed by atoms with E-state index in [0.29, 0.717) is 12.1 Å². The van der Waals surface area contributed by atoms with Crippen LogP contribution in [0, 0.1) is 6.92 Å². The maximum atomic E-state index is 12.4. The molecule has 4 rings (SSSR count). The van der Waals surface area contributed by atoms with E-state index in [1.165, 1.54) is 0 Å². The number of nitrogens with zero attached hydrogens (tertiary/aromatic N) is 3. The Labute approximate surface area is 146 Å². The number of carbonyl (C=O) groups is 1. The van der Waals surface area contributed by atoms with Crippen molar-refractivity contribution in [1.29, 1.82) is 0 Å². The minimum absolute atomic E-state index is 0.0324. The molecule has 0 radical (unpaired) electrons. The van der Waals surface area contributed by atoms with Crippen molar-refractivity contribution in [1.82, 2.24) is 19.9 Å². The highest BCUT2D eigenvalue weighted by atomic mass is 16.1. The summed E-state index contributed by atoms with van der Waals surface area (Å²) < 4.78 is 1.86. The van der Waals surface area contributed by atoms with Crippen molar-refractivity contribution in [2.75, 3.05) is 18.4 Å². The van der Waals surface area contributed by atoms with Gasteiger partial charge < -0.3 is 10.6 Å². The molecule has 3 aromatic rings. The third kappa shape index (κ3) is 3.07. The maximum absolute atomic E-state index is 12.4. The van der Waals surface area contributed by atoms with Crippen LogP contribution in [0.5, 0.6) is 0 Å². The monoisotopic (exact) mass is 335 g/mol. The van der Waals surface area contributed by atoms with Crippen LogP contribution in [0.15, 0.2) is 36.4 Å². The molecule has 2 aromatic heterocycles. The summed E-state index contributed by atoms with van der Waals surface area (Å²) in [6.07, 6.45) is 3.08. The zero-order chi connectivity index (χ0) is 17.2. The number of benzene rings is 1. The Kier molecular flexibility index (Phi) is 4.09. The molecule has 0 saturated heterocycles. The Morgan fingerprint density at radius 1 is 1.00 bits per heavy atom. The summed E-state index contributed by atoms with van der Waals surface area (Å²) >= 11 is 0. The van der Waals surface area contributed by atoms with E-state index in [1.807, 2.05) is 47.8 Å². The second-order valence-corrected chi connectivity index (χ2v) is 6.36. The molecular weight excluding hydrogens is 314 g/mol. The van der Waals surface area contributed by atoms with Gasteiger partial charge in [0.25, 0.3) is 5.91 Å². The highest BCUT2D eigenvalue weighted by Crippen LogP contribution is 2.25. The van der Waals surface area contributed by atoms with Gasteiger partial charge in [-0.1, -0.05) is 12.1 Å². The lowest BCUT2D eigenvalue weighted by Crippen LogP contribution is -2.24. The number of amides is 1. The number of rotatable bonds is 0. The summed E-state index contributed by atoms with van der Waals surface area (Å²) in [7, 11) is 0. The van der Waals surface area contributed by atoms with E-state index >= 15 is 0 Å². The summed E-state index contributed by atoms with van der Waals surface area (Å²) in [5.74, 6) is 0.807. The minimum atomic E-state index is -0.0324. The van der Waals surface area contributed by atoms with Gasteiger partial charge in [-0.05, 0) is 50.5 Å². The van der Waals surface area contributed by atoms with Crippen LogP contribution in [0.4, 0.5) is 5.82 Å². The topological polar surface area (TPSA) is 71.3 Å². The Hall–Kier alpha value is -2.89. The quantitative estimate of drug-likeness (QED) is 0.662. The van der Waals surface area contributed by atoms with Gasteiger partial charge in [0.15, 0.2) is 5.65 Å². The van der Waals surface area contributed by atoms with Crippen molar-refractivity contribution in [2.24, 2.45) is 0 Å². The molecule has 2 N–H and O–H groups in total. The van der Waals surface area contributed by atoms with E-state index in [-0.39, 0.29) is 5.91 Å². The summed E-state index contributed by atoms with van der Waals surface area (Å²) in [4.78, 5) is 17.0. The van der Waals surface area contributed by atoms with Gasteiger partial charge in [-0.2, -0.15) is 0 Å². The fourth-order valence-corrected chi connectivity index (χ4v) is 3.22. The van der Waals surface area contributed by atoms with Crippen LogP contribution in [0.1, 0.15) is 35.3 Å². The number of hydrogen-bond acceptors (Lipinski definition) is 4. The summed E-state index contributed by atoms with van der Waals surface area (Å²) in [5.41, 5.74) is 4.22. The molecule has 0 aliphatic carbocycles. The lowest BCUT2D eigenvalue weighted by Gasteiger charge is -2.07. The first-order valence-corrected chi connectivity index (χ1v) is 8.71. The van der Waals surface area contributed by atoms with Gasteiger partial charge in [0.05, 0.1) is 11.4 Å². The number of aromatic nitrogens is 3. The highest BCUT2D eigenvalue weighted by molar-refractivity contribution is 5.95. The standard InChI is InChI=1S/C19H21N5O/c1-13-18-14-6-5-7-15(12-14)19(25)21-11-4-2-3-10-20-16-8-9-17(22-13)24(18)23-16/h5-9,12H,2-4,10-11H2,1H3,(H,20,23)(H,21,25). The van der Waals surface area contributed by atoms with Gasteiger partial charge in [0, 0.05) is 24.2 Å². The Bertz CT molecular complexity index is 931. The molecule has 25 heavy (non-hydrogen) atoms. The molecule has 1 aromatic carbocycles. The molecule has 3 heterocycles. The van der Waals surface area contributed by atoms with Gasteiger partial charge in [-0.25, -0.2) is 9.50 Å². The zero-order valence-electron chi connectivity index (χ0n) is 14.2. The number of carbonyl (C=O) groups excluding carboxylic acids is 1. The molecule has 1 aliphatic heterocycles. The minimum Gasteiger partial charge on any atom is -0.369 e. The molecule has 128 valence electrons. The fourth-order valence-electron chi connectivity index (χ4n) is 3.22. The molecule has 4 bridgehead atoms. The second-order valence-electron chi connectivity index (χ2n) is 6.36. The van der Waals surface area contributed by atoms with Crippen LogP contribution in [-0.2, 0) is 0 Å². The van der Waals surface area contributed by atoms with Gasteiger partial charge in [-0.3, -0.25) is 4.79 Å². The average Bonchev–Trinajstić information content (AvgIpc) is 2.95. The van der Waals surface area contributed by atoms with E-state index in [1.54, 1.807) is 0 Å². The van der Waals surface area contributed by atoms with Crippen LogP contribution in [0.3, 0.4) is 0 Å². The Morgan fingerprint density at radius 3 is 2.68 bits per heavy atom. The third-order valence-corrected chi connectivity index (χ3v) is 4.50. The van der Waals surface area contributed by atoms with Crippen LogP contribution >= 0.6 is 0 Å². The van der Waals surface area contributed by atoms with Gasteiger partial charge in [-0.15, -0.1) is 5.10 Å². The lowest BCUT2D eigenvalue weighted by molar-refractivity contribution is 0.0953. The van der Waals surface area contributed by atoms with Crippen molar-refractivity contribution >= 4 is 17.4 Å². The van der Waals surface area contributed by atoms with Crippen molar-refractivity contribution in [3.63, 3.8) is 0 Å². The smallest absolute Gasteiger partial charge is 0.251 e. The highest BCUT2D eigenvalue weighted by Gasteiger charge is 2.15. The molecule has 6 nitrogen and oxygen atoms in total. The molecule has 0 spiro atoms. The number of fused-ring (bicyclic) bond motifs is 4. The predicted molar refractivity (Wildman–Crippen MR) is 97.8 cm³/mol. The maximum Gasteiger partial charge on any atom is 0.251 e. The summed E-state index contributed by atoms with van der Waals surface area (Å²) in [6.45, 7) is 3.53. The van der Waals surface area contributed by atoms with Gasteiger partial charge >= 0.3 is 0 Å². The SMILES string of the molecule is Cc1nc2ccc3nn2c1-c1cccc(c1)C(=O)NCCCCCN3. The van der Waals surface area contributed by atoms with E-state index in [0.717, 1.165) is 54.2 Å². The van der Waals surface area contributed by atoms with Crippen LogP contribution in [0.25, 0.3) is 16.9 Å². The van der Waals surface area contributed by atoms with Crippen molar-refractivity contribution < 1.29 is 4.79 Å². The van der Waals surface area contributed by atoms with Crippen molar-refractivity contribution in [3.05, 3.63) is 47.7 Å². The van der Waals surface area contributed by atoms with Crippen LogP contribution in [0.2, 0.25) is 0 Å². The molecule has 1 amide bonds. The first-order valence-electron chi connectivity index (χ1n) is 8.71. The van der Waals surface area contributed by atoms with Crippen molar-refractivity contribution in [2.45, 2.75) is 26.2 Å². The molecular formula is C19H21N5O. The number of hydrogen-bond donors (Lipinski definition) is 2. The molecule has 0 atom stereocenters. The number of imidazole rings is 1. The first kappa shape index (κ1) is 15.6. The average molecular weight is 335 g/mol. The number of aryl methyl sites for hydroxylation is 1. The van der Waals surface area contributed by atoms with E-state index < -0.39 is 0 Å². The lowest BCUT2D eigenvalue weighted by atomic mass is 10.1. The van der Waals surface area contributed by atoms with E-state index in [9.17, 15) is 4.79 Å². The normalized spacial score (nSPS) is 15.3. The molecule has 1 aliphatic rings.